The lowest BCUT2D eigenvalue weighted by molar-refractivity contribution is -0.121. The van der Waals surface area contributed by atoms with E-state index in [9.17, 15) is 4.79 Å². The molecule has 1 aliphatic rings. The molecule has 3 nitrogen and oxygen atoms in total. The van der Waals surface area contributed by atoms with Crippen LogP contribution in [0.3, 0.4) is 0 Å². The number of carbonyl (C=O) groups excluding carboxylic acids is 1. The van der Waals surface area contributed by atoms with Gasteiger partial charge in [-0.3, -0.25) is 4.79 Å². The Labute approximate surface area is 86.6 Å². The third-order valence-corrected chi connectivity index (χ3v) is 3.22. The summed E-state index contributed by atoms with van der Waals surface area (Å²) in [5, 5.41) is 0. The van der Waals surface area contributed by atoms with Crippen molar-refractivity contribution in [2.45, 2.75) is 33.1 Å². The van der Waals surface area contributed by atoms with Crippen molar-refractivity contribution in [1.29, 1.82) is 0 Å². The minimum absolute atomic E-state index is 0.0387. The van der Waals surface area contributed by atoms with Crippen molar-refractivity contribution >= 4 is 5.91 Å². The number of nitrogens with zero attached hydrogens (tertiary/aromatic N) is 1. The second-order valence-corrected chi connectivity index (χ2v) is 4.44. The normalized spacial score (nSPS) is 26.0. The van der Waals surface area contributed by atoms with Crippen LogP contribution in [0.25, 0.3) is 0 Å². The maximum absolute atomic E-state index is 10.9. The van der Waals surface area contributed by atoms with Crippen molar-refractivity contribution in [1.82, 2.24) is 4.90 Å². The Morgan fingerprint density at radius 2 is 2.36 bits per heavy atom. The van der Waals surface area contributed by atoms with Crippen LogP contribution < -0.4 is 5.73 Å². The van der Waals surface area contributed by atoms with Crippen LogP contribution >= 0.6 is 0 Å². The van der Waals surface area contributed by atoms with E-state index in [2.05, 4.69) is 11.8 Å². The molecule has 1 fully saturated rings. The molecule has 2 unspecified atom stereocenters. The molecule has 1 saturated heterocycles. The van der Waals surface area contributed by atoms with Crippen LogP contribution in [0.15, 0.2) is 0 Å². The fourth-order valence-electron chi connectivity index (χ4n) is 2.25. The van der Waals surface area contributed by atoms with Gasteiger partial charge in [-0.2, -0.15) is 0 Å². The number of piperidine rings is 1. The predicted molar refractivity (Wildman–Crippen MR) is 57.8 cm³/mol. The lowest BCUT2D eigenvalue weighted by atomic mass is 9.89. The van der Waals surface area contributed by atoms with E-state index in [0.29, 0.717) is 5.92 Å². The first-order chi connectivity index (χ1) is 6.63. The fraction of sp³-hybridized carbons (Fsp3) is 0.909. The fourth-order valence-corrected chi connectivity index (χ4v) is 2.25. The molecule has 0 spiro atoms. The second kappa shape index (κ2) is 5.35. The zero-order chi connectivity index (χ0) is 10.6. The Bertz CT molecular complexity index is 194. The van der Waals surface area contributed by atoms with Gasteiger partial charge in [0, 0.05) is 12.5 Å². The average Bonchev–Trinajstić information content (AvgIpc) is 2.18. The molecule has 0 aromatic heterocycles. The third-order valence-electron chi connectivity index (χ3n) is 3.22. The molecule has 0 aromatic rings. The van der Waals surface area contributed by atoms with Crippen LogP contribution in [0, 0.1) is 11.8 Å². The molecule has 1 aliphatic heterocycles. The summed E-state index contributed by atoms with van der Waals surface area (Å²) < 4.78 is 0. The summed E-state index contributed by atoms with van der Waals surface area (Å²) in [5.41, 5.74) is 5.27. The molecule has 82 valence electrons. The molecular formula is C11H22N2O. The number of amides is 1. The van der Waals surface area contributed by atoms with Crippen LogP contribution in [0.1, 0.15) is 33.1 Å². The smallest absolute Gasteiger partial charge is 0.220 e. The van der Waals surface area contributed by atoms with Crippen molar-refractivity contribution in [3.8, 4) is 0 Å². The van der Waals surface area contributed by atoms with Gasteiger partial charge in [0.15, 0.2) is 0 Å². The minimum Gasteiger partial charge on any atom is -0.369 e. The van der Waals surface area contributed by atoms with Gasteiger partial charge in [0.05, 0.1) is 0 Å². The Morgan fingerprint density at radius 3 is 2.93 bits per heavy atom. The summed E-state index contributed by atoms with van der Waals surface area (Å²) in [5.74, 6) is 0.557. The maximum Gasteiger partial charge on any atom is 0.220 e. The summed E-state index contributed by atoms with van der Waals surface area (Å²) in [6.45, 7) is 7.63. The lowest BCUT2D eigenvalue weighted by Gasteiger charge is -2.32. The van der Waals surface area contributed by atoms with E-state index in [1.54, 1.807) is 0 Å². The highest BCUT2D eigenvalue weighted by Gasteiger charge is 2.22. The van der Waals surface area contributed by atoms with E-state index in [0.717, 1.165) is 19.5 Å². The first kappa shape index (κ1) is 11.5. The topological polar surface area (TPSA) is 46.3 Å². The first-order valence-electron chi connectivity index (χ1n) is 5.65. The number of primary amides is 1. The molecule has 1 heterocycles. The van der Waals surface area contributed by atoms with Gasteiger partial charge in [0.25, 0.3) is 0 Å². The number of hydrogen-bond donors (Lipinski definition) is 1. The Balaban J connectivity index is 2.33. The maximum atomic E-state index is 10.9. The lowest BCUT2D eigenvalue weighted by Crippen LogP contribution is -2.36. The average molecular weight is 198 g/mol. The summed E-state index contributed by atoms with van der Waals surface area (Å²) >= 11 is 0. The SMILES string of the molecule is CCN1CCCC(CC(C)C(N)=O)C1. The largest absolute Gasteiger partial charge is 0.369 e. The molecule has 0 saturated carbocycles. The molecule has 2 atom stereocenters. The highest BCUT2D eigenvalue weighted by atomic mass is 16.1. The van der Waals surface area contributed by atoms with Gasteiger partial charge in [-0.05, 0) is 38.3 Å². The second-order valence-electron chi connectivity index (χ2n) is 4.44. The predicted octanol–water partition coefficient (Wildman–Crippen LogP) is 1.23. The van der Waals surface area contributed by atoms with Gasteiger partial charge in [-0.15, -0.1) is 0 Å². The quantitative estimate of drug-likeness (QED) is 0.738. The monoisotopic (exact) mass is 198 g/mol. The molecule has 0 radical (unpaired) electrons. The molecule has 1 rings (SSSR count). The molecule has 2 N–H and O–H groups in total. The zero-order valence-corrected chi connectivity index (χ0v) is 9.33. The number of nitrogens with two attached hydrogens (primary N) is 1. The summed E-state index contributed by atoms with van der Waals surface area (Å²) in [6, 6.07) is 0. The van der Waals surface area contributed by atoms with E-state index < -0.39 is 0 Å². The van der Waals surface area contributed by atoms with Gasteiger partial charge < -0.3 is 10.6 Å². The standard InChI is InChI=1S/C11H22N2O/c1-3-13-6-4-5-10(8-13)7-9(2)11(12)14/h9-10H,3-8H2,1-2H3,(H2,12,14). The van der Waals surface area contributed by atoms with Crippen LogP contribution in [-0.2, 0) is 4.79 Å². The molecule has 0 aromatic carbocycles. The number of hydrogen-bond acceptors (Lipinski definition) is 2. The molecule has 1 amide bonds. The van der Waals surface area contributed by atoms with E-state index in [1.165, 1.54) is 19.4 Å². The highest BCUT2D eigenvalue weighted by Crippen LogP contribution is 2.22. The van der Waals surface area contributed by atoms with Crippen LogP contribution in [0.2, 0.25) is 0 Å². The minimum atomic E-state index is -0.154. The van der Waals surface area contributed by atoms with E-state index in [-0.39, 0.29) is 11.8 Å². The van der Waals surface area contributed by atoms with Gasteiger partial charge in [0.1, 0.15) is 0 Å². The molecule has 3 heteroatoms. The van der Waals surface area contributed by atoms with Gasteiger partial charge >= 0.3 is 0 Å². The van der Waals surface area contributed by atoms with Crippen LogP contribution in [0.4, 0.5) is 0 Å². The Hall–Kier alpha value is -0.570. The van der Waals surface area contributed by atoms with Crippen LogP contribution in [-0.4, -0.2) is 30.4 Å². The first-order valence-corrected chi connectivity index (χ1v) is 5.65. The van der Waals surface area contributed by atoms with Crippen molar-refractivity contribution in [2.75, 3.05) is 19.6 Å². The number of likely N-dealkylation sites (tertiary alicyclic amines) is 1. The Kier molecular flexibility index (Phi) is 4.39. The highest BCUT2D eigenvalue weighted by molar-refractivity contribution is 5.76. The van der Waals surface area contributed by atoms with E-state index >= 15 is 0 Å². The van der Waals surface area contributed by atoms with E-state index in [4.69, 9.17) is 5.73 Å². The third kappa shape index (κ3) is 3.29. The van der Waals surface area contributed by atoms with Crippen molar-refractivity contribution in [3.05, 3.63) is 0 Å². The molecule has 0 aliphatic carbocycles. The zero-order valence-electron chi connectivity index (χ0n) is 9.33. The van der Waals surface area contributed by atoms with E-state index in [1.807, 2.05) is 6.92 Å². The number of carbonyl (C=O) groups is 1. The Morgan fingerprint density at radius 1 is 1.64 bits per heavy atom. The van der Waals surface area contributed by atoms with Gasteiger partial charge in [-0.25, -0.2) is 0 Å². The molecular weight excluding hydrogens is 176 g/mol. The summed E-state index contributed by atoms with van der Waals surface area (Å²) in [4.78, 5) is 13.4. The molecule has 0 bridgehead atoms. The number of rotatable bonds is 4. The van der Waals surface area contributed by atoms with Crippen LogP contribution in [0.5, 0.6) is 0 Å². The van der Waals surface area contributed by atoms with Crippen molar-refractivity contribution in [3.63, 3.8) is 0 Å². The van der Waals surface area contributed by atoms with Crippen molar-refractivity contribution in [2.24, 2.45) is 17.6 Å². The van der Waals surface area contributed by atoms with Gasteiger partial charge in [0.2, 0.25) is 5.91 Å². The van der Waals surface area contributed by atoms with Crippen molar-refractivity contribution < 1.29 is 4.79 Å². The summed E-state index contributed by atoms with van der Waals surface area (Å²) in [7, 11) is 0. The molecule has 14 heavy (non-hydrogen) atoms. The summed E-state index contributed by atoms with van der Waals surface area (Å²) in [6.07, 6.45) is 3.49. The van der Waals surface area contributed by atoms with Gasteiger partial charge in [-0.1, -0.05) is 13.8 Å².